The molecule has 146 valence electrons. The molecule has 0 bridgehead atoms. The average Bonchev–Trinajstić information content (AvgIpc) is 3.28. The lowest BCUT2D eigenvalue weighted by Crippen LogP contribution is -2.40. The normalized spacial score (nSPS) is 29.5. The van der Waals surface area contributed by atoms with Crippen molar-refractivity contribution in [3.63, 3.8) is 0 Å². The standard InChI is InChI=1S/C18H27NO7/c1-18(2,3)26-17(24)19(9-20)14-12(13(14)16(23)25-4)15(22)10-7-5-6-8-11(10)21/h9-10,12-15,22H,5-8H2,1-4H3/t10?,12-,13-,14-,15-/m0/s1. The largest absolute Gasteiger partial charge is 0.469 e. The molecule has 26 heavy (non-hydrogen) atoms. The van der Waals surface area contributed by atoms with E-state index < -0.39 is 47.6 Å². The molecular formula is C18H27NO7. The van der Waals surface area contributed by atoms with Crippen LogP contribution in [0.4, 0.5) is 4.79 Å². The molecule has 0 aromatic heterocycles. The fraction of sp³-hybridized carbons (Fsp3) is 0.778. The fourth-order valence-corrected chi connectivity index (χ4v) is 3.71. The molecule has 8 nitrogen and oxygen atoms in total. The molecule has 2 aliphatic rings. The summed E-state index contributed by atoms with van der Waals surface area (Å²) in [7, 11) is 1.20. The second-order valence-corrected chi connectivity index (χ2v) is 7.92. The van der Waals surface area contributed by atoms with E-state index in [-0.39, 0.29) is 5.78 Å². The Morgan fingerprint density at radius 2 is 1.96 bits per heavy atom. The maximum absolute atomic E-state index is 12.3. The van der Waals surface area contributed by atoms with E-state index in [0.717, 1.165) is 17.7 Å². The van der Waals surface area contributed by atoms with Gasteiger partial charge >= 0.3 is 12.1 Å². The van der Waals surface area contributed by atoms with Crippen molar-refractivity contribution >= 4 is 24.3 Å². The van der Waals surface area contributed by atoms with Gasteiger partial charge in [-0.3, -0.25) is 14.4 Å². The molecule has 2 aliphatic carbocycles. The molecule has 0 saturated heterocycles. The predicted octanol–water partition coefficient (Wildman–Crippen LogP) is 1.29. The average molecular weight is 369 g/mol. The van der Waals surface area contributed by atoms with Gasteiger partial charge in [0.15, 0.2) is 0 Å². The van der Waals surface area contributed by atoms with Crippen molar-refractivity contribution in [2.24, 2.45) is 17.8 Å². The zero-order chi connectivity index (χ0) is 19.6. The zero-order valence-corrected chi connectivity index (χ0v) is 15.6. The number of carbonyl (C=O) groups is 4. The molecule has 2 fully saturated rings. The first-order valence-corrected chi connectivity index (χ1v) is 8.87. The van der Waals surface area contributed by atoms with Crippen LogP contribution >= 0.6 is 0 Å². The van der Waals surface area contributed by atoms with Crippen molar-refractivity contribution in [3.05, 3.63) is 0 Å². The monoisotopic (exact) mass is 369 g/mol. The number of nitrogens with zero attached hydrogens (tertiary/aromatic N) is 1. The Labute approximate surface area is 152 Å². The van der Waals surface area contributed by atoms with Crippen LogP contribution in [0, 0.1) is 17.8 Å². The number of amides is 2. The number of methoxy groups -OCH3 is 1. The summed E-state index contributed by atoms with van der Waals surface area (Å²) in [5.41, 5.74) is -0.818. The Bertz CT molecular complexity index is 583. The van der Waals surface area contributed by atoms with Crippen LogP contribution in [0.1, 0.15) is 46.5 Å². The molecular weight excluding hydrogens is 342 g/mol. The molecule has 0 heterocycles. The highest BCUT2D eigenvalue weighted by Gasteiger charge is 2.64. The highest BCUT2D eigenvalue weighted by atomic mass is 16.6. The van der Waals surface area contributed by atoms with Gasteiger partial charge in [-0.15, -0.1) is 0 Å². The summed E-state index contributed by atoms with van der Waals surface area (Å²) in [5, 5.41) is 10.7. The third kappa shape index (κ3) is 4.23. The fourth-order valence-electron chi connectivity index (χ4n) is 3.71. The van der Waals surface area contributed by atoms with Crippen molar-refractivity contribution in [1.29, 1.82) is 0 Å². The molecule has 2 saturated carbocycles. The van der Waals surface area contributed by atoms with Crippen LogP contribution in [0.2, 0.25) is 0 Å². The summed E-state index contributed by atoms with van der Waals surface area (Å²) in [6, 6.07) is -0.875. The summed E-state index contributed by atoms with van der Waals surface area (Å²) < 4.78 is 9.95. The number of hydrogen-bond donors (Lipinski definition) is 1. The van der Waals surface area contributed by atoms with Gasteiger partial charge in [0.25, 0.3) is 0 Å². The summed E-state index contributed by atoms with van der Waals surface area (Å²) in [4.78, 5) is 48.8. The topological polar surface area (TPSA) is 110 Å². The van der Waals surface area contributed by atoms with E-state index >= 15 is 0 Å². The lowest BCUT2D eigenvalue weighted by molar-refractivity contribution is -0.144. The molecule has 8 heteroatoms. The quantitative estimate of drug-likeness (QED) is 0.574. The number of ketones is 1. The lowest BCUT2D eigenvalue weighted by Gasteiger charge is -2.27. The van der Waals surface area contributed by atoms with Crippen LogP contribution in [0.15, 0.2) is 0 Å². The van der Waals surface area contributed by atoms with Gasteiger partial charge in [0.2, 0.25) is 6.41 Å². The molecule has 0 aliphatic heterocycles. The van der Waals surface area contributed by atoms with Gasteiger partial charge in [0, 0.05) is 18.3 Å². The first-order chi connectivity index (χ1) is 12.1. The summed E-state index contributed by atoms with van der Waals surface area (Å²) in [5.74, 6) is -2.85. The second kappa shape index (κ2) is 7.73. The molecule has 0 aromatic rings. The van der Waals surface area contributed by atoms with Crippen LogP contribution in [0.5, 0.6) is 0 Å². The molecule has 1 unspecified atom stereocenters. The van der Waals surface area contributed by atoms with Crippen LogP contribution in [0.3, 0.4) is 0 Å². The van der Waals surface area contributed by atoms with E-state index in [0.29, 0.717) is 19.3 Å². The van der Waals surface area contributed by atoms with Gasteiger partial charge in [-0.25, -0.2) is 9.69 Å². The maximum atomic E-state index is 12.3. The van der Waals surface area contributed by atoms with Crippen molar-refractivity contribution in [3.8, 4) is 0 Å². The highest BCUT2D eigenvalue weighted by molar-refractivity contribution is 5.87. The highest BCUT2D eigenvalue weighted by Crippen LogP contribution is 2.49. The zero-order valence-electron chi connectivity index (χ0n) is 15.6. The number of aliphatic hydroxyl groups excluding tert-OH is 1. The minimum Gasteiger partial charge on any atom is -0.469 e. The van der Waals surface area contributed by atoms with E-state index in [9.17, 15) is 24.3 Å². The molecule has 1 N–H and O–H groups in total. The lowest BCUT2D eigenvalue weighted by atomic mass is 9.82. The first-order valence-electron chi connectivity index (χ1n) is 8.87. The number of ether oxygens (including phenoxy) is 2. The Morgan fingerprint density at radius 3 is 2.46 bits per heavy atom. The van der Waals surface area contributed by atoms with Crippen molar-refractivity contribution in [1.82, 2.24) is 4.90 Å². The summed E-state index contributed by atoms with van der Waals surface area (Å²) >= 11 is 0. The van der Waals surface area contributed by atoms with Crippen molar-refractivity contribution < 1.29 is 33.8 Å². The number of Topliss-reactive ketones (excluding diaryl/α,β-unsaturated/α-hetero) is 1. The van der Waals surface area contributed by atoms with Gasteiger partial charge in [0.1, 0.15) is 11.4 Å². The van der Waals surface area contributed by atoms with Crippen molar-refractivity contribution in [2.45, 2.75) is 64.2 Å². The van der Waals surface area contributed by atoms with Crippen molar-refractivity contribution in [2.75, 3.05) is 7.11 Å². The first kappa shape index (κ1) is 20.4. The minimum absolute atomic E-state index is 0.0482. The summed E-state index contributed by atoms with van der Waals surface area (Å²) in [6.45, 7) is 4.97. The van der Waals surface area contributed by atoms with Gasteiger partial charge < -0.3 is 14.6 Å². The van der Waals surface area contributed by atoms with Gasteiger partial charge in [-0.05, 0) is 33.6 Å². The molecule has 0 aromatic carbocycles. The van der Waals surface area contributed by atoms with E-state index in [1.165, 1.54) is 7.11 Å². The molecule has 2 amide bonds. The smallest absolute Gasteiger partial charge is 0.417 e. The number of aliphatic hydroxyl groups is 1. The van der Waals surface area contributed by atoms with E-state index in [1.807, 2.05) is 0 Å². The number of carbonyl (C=O) groups excluding carboxylic acids is 4. The molecule has 0 radical (unpaired) electrons. The number of esters is 1. The van der Waals surface area contributed by atoms with E-state index in [2.05, 4.69) is 0 Å². The Balaban J connectivity index is 2.21. The number of rotatable bonds is 5. The minimum atomic E-state index is -1.11. The SMILES string of the molecule is COC(=O)[C@H]1[C@H]([C@@H](O)C2CCCCC2=O)[C@@H]1N(C=O)C(=O)OC(C)(C)C. The Hall–Kier alpha value is -1.96. The van der Waals surface area contributed by atoms with Crippen LogP contribution in [-0.2, 0) is 23.9 Å². The maximum Gasteiger partial charge on any atom is 0.417 e. The van der Waals surface area contributed by atoms with Gasteiger partial charge in [0.05, 0.1) is 25.2 Å². The summed E-state index contributed by atoms with van der Waals surface area (Å²) in [6.07, 6.45) is 0.824. The van der Waals surface area contributed by atoms with Crippen LogP contribution < -0.4 is 0 Å². The van der Waals surface area contributed by atoms with E-state index in [4.69, 9.17) is 9.47 Å². The Morgan fingerprint density at radius 1 is 1.31 bits per heavy atom. The Kier molecular flexibility index (Phi) is 6.05. The number of imide groups is 1. The number of hydrogen-bond acceptors (Lipinski definition) is 7. The molecule has 5 atom stereocenters. The van der Waals surface area contributed by atoms with E-state index in [1.54, 1.807) is 20.8 Å². The third-order valence-electron chi connectivity index (χ3n) is 4.96. The van der Waals surface area contributed by atoms with Crippen LogP contribution in [0.25, 0.3) is 0 Å². The third-order valence-corrected chi connectivity index (χ3v) is 4.96. The molecule has 0 spiro atoms. The second-order valence-electron chi connectivity index (χ2n) is 7.92. The van der Waals surface area contributed by atoms with Gasteiger partial charge in [-0.2, -0.15) is 0 Å². The van der Waals surface area contributed by atoms with Crippen LogP contribution in [-0.4, -0.2) is 59.1 Å². The molecule has 2 rings (SSSR count). The van der Waals surface area contributed by atoms with Gasteiger partial charge in [-0.1, -0.05) is 6.42 Å². The predicted molar refractivity (Wildman–Crippen MR) is 89.9 cm³/mol.